The zero-order valence-corrected chi connectivity index (χ0v) is 15.3. The van der Waals surface area contributed by atoms with Crippen molar-refractivity contribution in [2.75, 3.05) is 23.3 Å². The molecule has 1 aromatic heterocycles. The third-order valence-corrected chi connectivity index (χ3v) is 5.26. The molecular weight excluding hydrogens is 328 g/mol. The molecule has 1 unspecified atom stereocenters. The van der Waals surface area contributed by atoms with Crippen LogP contribution in [0.15, 0.2) is 34.7 Å². The Labute approximate surface area is 145 Å². The number of carbonyl (C=O) groups excluding carboxylic acids is 1. The fourth-order valence-electron chi connectivity index (χ4n) is 2.06. The number of thioether (sulfide) groups is 1. The molecule has 0 aliphatic carbocycles. The Balaban J connectivity index is 2.00. The predicted octanol–water partition coefficient (Wildman–Crippen LogP) is 3.89. The summed E-state index contributed by atoms with van der Waals surface area (Å²) in [7, 11) is 0. The molecule has 1 atom stereocenters. The van der Waals surface area contributed by atoms with Crippen molar-refractivity contribution in [1.29, 1.82) is 0 Å². The van der Waals surface area contributed by atoms with Gasteiger partial charge in [-0.15, -0.1) is 10.2 Å². The molecule has 0 aliphatic rings. The van der Waals surface area contributed by atoms with Crippen molar-refractivity contribution in [3.05, 3.63) is 30.3 Å². The Hall–Kier alpha value is -1.60. The number of carbonyl (C=O) groups is 1. The van der Waals surface area contributed by atoms with Crippen LogP contribution in [0.5, 0.6) is 0 Å². The average Bonchev–Trinajstić information content (AvgIpc) is 3.02. The first-order valence-corrected chi connectivity index (χ1v) is 9.45. The third kappa shape index (κ3) is 4.94. The van der Waals surface area contributed by atoms with Crippen LogP contribution < -0.4 is 10.2 Å². The Kier molecular flexibility index (Phi) is 6.85. The number of hydrogen-bond donors (Lipinski definition) is 1. The van der Waals surface area contributed by atoms with E-state index in [1.807, 2.05) is 44.2 Å². The van der Waals surface area contributed by atoms with Gasteiger partial charge in [0.15, 0.2) is 4.34 Å². The van der Waals surface area contributed by atoms with Gasteiger partial charge in [-0.25, -0.2) is 0 Å². The van der Waals surface area contributed by atoms with Crippen LogP contribution in [0, 0.1) is 0 Å². The van der Waals surface area contributed by atoms with Gasteiger partial charge >= 0.3 is 0 Å². The summed E-state index contributed by atoms with van der Waals surface area (Å²) < 4.78 is 0.813. The minimum absolute atomic E-state index is 0.0852. The number of para-hydroxylation sites is 1. The van der Waals surface area contributed by atoms with Gasteiger partial charge in [0.25, 0.3) is 0 Å². The second kappa shape index (κ2) is 8.88. The van der Waals surface area contributed by atoms with Gasteiger partial charge in [0.05, 0.1) is 5.25 Å². The summed E-state index contributed by atoms with van der Waals surface area (Å²) in [5.74, 6) is 0.0852. The van der Waals surface area contributed by atoms with Crippen LogP contribution in [-0.4, -0.2) is 34.4 Å². The van der Waals surface area contributed by atoms with E-state index < -0.39 is 0 Å². The molecule has 23 heavy (non-hydrogen) atoms. The van der Waals surface area contributed by atoms with Gasteiger partial charge in [-0.1, -0.05) is 48.2 Å². The topological polar surface area (TPSA) is 58.1 Å². The molecule has 5 nitrogen and oxygen atoms in total. The lowest BCUT2D eigenvalue weighted by Gasteiger charge is -2.23. The van der Waals surface area contributed by atoms with E-state index in [-0.39, 0.29) is 11.2 Å². The maximum Gasteiger partial charge on any atom is 0.240 e. The van der Waals surface area contributed by atoms with E-state index in [0.29, 0.717) is 6.54 Å². The van der Waals surface area contributed by atoms with Gasteiger partial charge in [-0.05, 0) is 32.4 Å². The van der Waals surface area contributed by atoms with Crippen LogP contribution >= 0.6 is 23.1 Å². The number of benzene rings is 1. The lowest BCUT2D eigenvalue weighted by atomic mass is 10.2. The molecule has 1 heterocycles. The molecule has 0 radical (unpaired) electrons. The average molecular weight is 351 g/mol. The molecular formula is C16H22N4OS2. The Morgan fingerprint density at radius 3 is 2.70 bits per heavy atom. The van der Waals surface area contributed by atoms with Gasteiger partial charge in [0, 0.05) is 18.8 Å². The summed E-state index contributed by atoms with van der Waals surface area (Å²) in [5.41, 5.74) is 0.926. The van der Waals surface area contributed by atoms with Crippen LogP contribution in [0.4, 0.5) is 10.8 Å². The SMILES string of the molecule is CCCNc1nnc(SC(C)C(=O)N(CC)c2ccccc2)s1. The van der Waals surface area contributed by atoms with Crippen molar-refractivity contribution in [1.82, 2.24) is 10.2 Å². The highest BCUT2D eigenvalue weighted by Gasteiger charge is 2.23. The minimum Gasteiger partial charge on any atom is -0.360 e. The van der Waals surface area contributed by atoms with Crippen molar-refractivity contribution < 1.29 is 4.79 Å². The zero-order chi connectivity index (χ0) is 16.7. The minimum atomic E-state index is -0.206. The molecule has 1 N–H and O–H groups in total. The molecule has 0 aliphatic heterocycles. The smallest absolute Gasteiger partial charge is 0.240 e. The zero-order valence-electron chi connectivity index (χ0n) is 13.7. The Morgan fingerprint density at radius 1 is 1.30 bits per heavy atom. The van der Waals surface area contributed by atoms with Crippen molar-refractivity contribution >= 4 is 39.8 Å². The van der Waals surface area contributed by atoms with E-state index in [2.05, 4.69) is 22.4 Å². The highest BCUT2D eigenvalue weighted by atomic mass is 32.2. The quantitative estimate of drug-likeness (QED) is 0.732. The number of nitrogens with zero attached hydrogens (tertiary/aromatic N) is 3. The van der Waals surface area contributed by atoms with E-state index in [1.54, 1.807) is 4.90 Å². The summed E-state index contributed by atoms with van der Waals surface area (Å²) in [6, 6.07) is 9.75. The van der Waals surface area contributed by atoms with Gasteiger partial charge in [-0.2, -0.15) is 0 Å². The monoisotopic (exact) mass is 350 g/mol. The molecule has 0 saturated heterocycles. The highest BCUT2D eigenvalue weighted by Crippen LogP contribution is 2.30. The molecule has 2 rings (SSSR count). The molecule has 1 amide bonds. The van der Waals surface area contributed by atoms with Crippen molar-refractivity contribution in [3.63, 3.8) is 0 Å². The molecule has 124 valence electrons. The summed E-state index contributed by atoms with van der Waals surface area (Å²) in [5, 5.41) is 12.1. The fourth-order valence-corrected chi connectivity index (χ4v) is 4.04. The number of hydrogen-bond acceptors (Lipinski definition) is 6. The van der Waals surface area contributed by atoms with E-state index in [1.165, 1.54) is 23.1 Å². The number of rotatable bonds is 8. The molecule has 0 fully saturated rings. The molecule has 2 aromatic rings. The first kappa shape index (κ1) is 17.7. The van der Waals surface area contributed by atoms with Crippen LogP contribution in [0.2, 0.25) is 0 Å². The summed E-state index contributed by atoms with van der Waals surface area (Å²) in [4.78, 5) is 14.5. The third-order valence-electron chi connectivity index (χ3n) is 3.21. The summed E-state index contributed by atoms with van der Waals surface area (Å²) in [6.07, 6.45) is 1.04. The number of amides is 1. The second-order valence-corrected chi connectivity index (χ2v) is 7.54. The highest BCUT2D eigenvalue weighted by molar-refractivity contribution is 8.02. The van der Waals surface area contributed by atoms with E-state index in [4.69, 9.17) is 0 Å². The van der Waals surface area contributed by atoms with Crippen molar-refractivity contribution in [3.8, 4) is 0 Å². The molecule has 0 bridgehead atoms. The van der Waals surface area contributed by atoms with E-state index >= 15 is 0 Å². The van der Waals surface area contributed by atoms with E-state index in [0.717, 1.165) is 28.1 Å². The van der Waals surface area contributed by atoms with Crippen LogP contribution in [0.1, 0.15) is 27.2 Å². The molecule has 1 aromatic carbocycles. The standard InChI is InChI=1S/C16H22N4OS2/c1-4-11-17-15-18-19-16(23-15)22-12(3)14(21)20(5-2)13-9-7-6-8-10-13/h6-10,12H,4-5,11H2,1-3H3,(H,17,18). The maximum absolute atomic E-state index is 12.7. The van der Waals surface area contributed by atoms with Gasteiger partial charge in [-0.3, -0.25) is 4.79 Å². The van der Waals surface area contributed by atoms with E-state index in [9.17, 15) is 4.79 Å². The first-order valence-electron chi connectivity index (χ1n) is 7.76. The fraction of sp³-hybridized carbons (Fsp3) is 0.438. The number of aromatic nitrogens is 2. The number of nitrogens with one attached hydrogen (secondary N) is 1. The van der Waals surface area contributed by atoms with Crippen LogP contribution in [0.3, 0.4) is 0 Å². The van der Waals surface area contributed by atoms with Crippen molar-refractivity contribution in [2.45, 2.75) is 36.8 Å². The largest absolute Gasteiger partial charge is 0.360 e. The molecule has 7 heteroatoms. The summed E-state index contributed by atoms with van der Waals surface area (Å²) in [6.45, 7) is 7.53. The predicted molar refractivity (Wildman–Crippen MR) is 98.5 cm³/mol. The first-order chi connectivity index (χ1) is 11.2. The number of anilines is 2. The van der Waals surface area contributed by atoms with Gasteiger partial charge < -0.3 is 10.2 Å². The second-order valence-electron chi connectivity index (χ2n) is 4.98. The normalized spacial score (nSPS) is 12.0. The van der Waals surface area contributed by atoms with Gasteiger partial charge in [0.2, 0.25) is 11.0 Å². The molecule has 0 saturated carbocycles. The van der Waals surface area contributed by atoms with Crippen LogP contribution in [-0.2, 0) is 4.79 Å². The Bertz CT molecular complexity index is 618. The van der Waals surface area contributed by atoms with Crippen molar-refractivity contribution in [2.24, 2.45) is 0 Å². The van der Waals surface area contributed by atoms with Gasteiger partial charge in [0.1, 0.15) is 0 Å². The lowest BCUT2D eigenvalue weighted by Crippen LogP contribution is -2.36. The Morgan fingerprint density at radius 2 is 2.04 bits per heavy atom. The molecule has 0 spiro atoms. The lowest BCUT2D eigenvalue weighted by molar-refractivity contribution is -0.117. The summed E-state index contributed by atoms with van der Waals surface area (Å²) >= 11 is 2.95. The maximum atomic E-state index is 12.7. The van der Waals surface area contributed by atoms with Crippen LogP contribution in [0.25, 0.3) is 0 Å².